The lowest BCUT2D eigenvalue weighted by Gasteiger charge is -2.45. The summed E-state index contributed by atoms with van der Waals surface area (Å²) in [5.41, 5.74) is 4.77. The molecule has 4 aromatic rings. The maximum absolute atomic E-state index is 14.6. The number of amides is 2. The summed E-state index contributed by atoms with van der Waals surface area (Å²) >= 11 is 0. The number of carbonyl (C=O) groups excluding carboxylic acids is 2. The van der Waals surface area contributed by atoms with Crippen LogP contribution >= 0.6 is 0 Å². The molecule has 2 aromatic carbocycles. The Balaban J connectivity index is 1.48. The highest BCUT2D eigenvalue weighted by Crippen LogP contribution is 2.39. The molecule has 0 bridgehead atoms. The van der Waals surface area contributed by atoms with Crippen molar-refractivity contribution in [2.45, 2.75) is 78.0 Å². The molecule has 6 rings (SSSR count). The molecule has 202 valence electrons. The lowest BCUT2D eigenvalue weighted by molar-refractivity contribution is -0.134. The predicted octanol–water partition coefficient (Wildman–Crippen LogP) is 6.16. The molecule has 0 saturated heterocycles. The number of nitrogens with one attached hydrogen (secondary N) is 1. The van der Waals surface area contributed by atoms with E-state index in [2.05, 4.69) is 73.1 Å². The Morgan fingerprint density at radius 3 is 2.33 bits per heavy atom. The lowest BCUT2D eigenvalue weighted by atomic mass is 9.86. The minimum atomic E-state index is -1.04. The molecule has 1 atom stereocenters. The molecule has 2 amide bonds. The normalized spacial score (nSPS) is 23.2. The summed E-state index contributed by atoms with van der Waals surface area (Å²) in [6, 6.07) is 18.7. The van der Waals surface area contributed by atoms with Crippen molar-refractivity contribution < 1.29 is 9.59 Å². The van der Waals surface area contributed by atoms with Gasteiger partial charge in [0.1, 0.15) is 11.2 Å². The zero-order valence-electron chi connectivity index (χ0n) is 23.4. The Morgan fingerprint density at radius 2 is 1.64 bits per heavy atom. The molecule has 2 aliphatic rings. The van der Waals surface area contributed by atoms with Crippen molar-refractivity contribution in [3.8, 4) is 5.69 Å². The molecule has 6 nitrogen and oxygen atoms in total. The van der Waals surface area contributed by atoms with E-state index in [4.69, 9.17) is 0 Å². The number of nitrogens with zero attached hydrogens (tertiary/aromatic N) is 3. The molecule has 0 spiro atoms. The van der Waals surface area contributed by atoms with E-state index in [9.17, 15) is 9.59 Å². The summed E-state index contributed by atoms with van der Waals surface area (Å²) in [6.07, 6.45) is 8.20. The monoisotopic (exact) mass is 522 g/mol. The Labute approximate surface area is 230 Å². The van der Waals surface area contributed by atoms with Gasteiger partial charge in [-0.15, -0.1) is 0 Å². The van der Waals surface area contributed by atoms with E-state index in [1.54, 1.807) is 0 Å². The number of hydrogen-bond acceptors (Lipinski definition) is 2. The zero-order chi connectivity index (χ0) is 27.3. The molecule has 1 fully saturated rings. The molecular weight excluding hydrogens is 484 g/mol. The summed E-state index contributed by atoms with van der Waals surface area (Å²) in [5.74, 6) is 0.520. The van der Waals surface area contributed by atoms with Crippen LogP contribution in [0.1, 0.15) is 66.7 Å². The highest BCUT2D eigenvalue weighted by molar-refractivity contribution is 6.09. The number of carbonyl (C=O) groups is 2. The van der Waals surface area contributed by atoms with E-state index < -0.39 is 5.54 Å². The summed E-state index contributed by atoms with van der Waals surface area (Å²) < 4.78 is 4.11. The number of rotatable bonds is 5. The third kappa shape index (κ3) is 4.46. The van der Waals surface area contributed by atoms with Crippen LogP contribution in [0.25, 0.3) is 16.6 Å². The fourth-order valence-electron chi connectivity index (χ4n) is 6.38. The summed E-state index contributed by atoms with van der Waals surface area (Å²) in [4.78, 5) is 30.6. The van der Waals surface area contributed by atoms with Gasteiger partial charge in [-0.2, -0.15) is 0 Å². The molecule has 1 aliphatic carbocycles. The van der Waals surface area contributed by atoms with Gasteiger partial charge in [0.05, 0.1) is 17.7 Å². The van der Waals surface area contributed by atoms with Crippen LogP contribution in [0, 0.1) is 19.8 Å². The molecule has 1 unspecified atom stereocenters. The second kappa shape index (κ2) is 9.74. The molecule has 3 heterocycles. The summed E-state index contributed by atoms with van der Waals surface area (Å²) in [5, 5.41) is 4.39. The fourth-order valence-corrected chi connectivity index (χ4v) is 6.38. The van der Waals surface area contributed by atoms with Crippen molar-refractivity contribution in [2.24, 2.45) is 5.92 Å². The predicted molar refractivity (Wildman–Crippen MR) is 155 cm³/mol. The lowest BCUT2D eigenvalue weighted by Crippen LogP contribution is -2.64. The van der Waals surface area contributed by atoms with Crippen LogP contribution in [0.15, 0.2) is 67.0 Å². The van der Waals surface area contributed by atoms with Crippen molar-refractivity contribution in [1.29, 1.82) is 0 Å². The Hall–Kier alpha value is -3.80. The van der Waals surface area contributed by atoms with Gasteiger partial charge >= 0.3 is 0 Å². The quantitative estimate of drug-likeness (QED) is 0.341. The first-order chi connectivity index (χ1) is 18.7. The minimum absolute atomic E-state index is 0.0651. The molecular formula is C33H38N4O2. The molecule has 2 aromatic heterocycles. The number of hydrogen-bond donors (Lipinski definition) is 1. The van der Waals surface area contributed by atoms with Crippen molar-refractivity contribution in [2.75, 3.05) is 0 Å². The molecule has 39 heavy (non-hydrogen) atoms. The number of aryl methyl sites for hydroxylation is 2. The SMILES string of the molecule is Cc1ccc(CN2C(=O)c3c(-n4cccc4)c4cc(C)ccc4n3CC2(C)C(=O)NC2CCC(C)CC2)cc1. The molecule has 1 aliphatic heterocycles. The number of benzene rings is 2. The molecule has 6 heteroatoms. The Bertz CT molecular complexity index is 1520. The van der Waals surface area contributed by atoms with Gasteiger partial charge in [0, 0.05) is 30.4 Å². The zero-order valence-corrected chi connectivity index (χ0v) is 23.4. The standard InChI is InChI=1S/C33H38N4O2/c1-22-7-12-25(13-8-22)20-37-31(38)30-29(35-17-5-6-18-35)27-19-24(3)11-16-28(27)36(30)21-33(37,4)32(39)34-26-14-9-23(2)10-15-26/h5-8,11-13,16-19,23,26H,9-10,14-15,20-21H2,1-4H3,(H,34,39). The van der Waals surface area contributed by atoms with Gasteiger partial charge in [-0.3, -0.25) is 9.59 Å². The maximum Gasteiger partial charge on any atom is 0.273 e. The van der Waals surface area contributed by atoms with Crippen molar-refractivity contribution in [1.82, 2.24) is 19.4 Å². The summed E-state index contributed by atoms with van der Waals surface area (Å²) in [6.45, 7) is 9.13. The van der Waals surface area contributed by atoms with Crippen molar-refractivity contribution in [3.63, 3.8) is 0 Å². The fraction of sp³-hybridized carbons (Fsp3) is 0.394. The van der Waals surface area contributed by atoms with Crippen LogP contribution in [0.3, 0.4) is 0 Å². The second-order valence-electron chi connectivity index (χ2n) is 12.0. The molecule has 1 N–H and O–H groups in total. The van der Waals surface area contributed by atoms with Crippen molar-refractivity contribution >= 4 is 22.7 Å². The van der Waals surface area contributed by atoms with Crippen LogP contribution in [0.5, 0.6) is 0 Å². The van der Waals surface area contributed by atoms with Gasteiger partial charge in [-0.05, 0) is 82.2 Å². The van der Waals surface area contributed by atoms with Crippen LogP contribution in [0.4, 0.5) is 0 Å². The highest BCUT2D eigenvalue weighted by atomic mass is 16.2. The van der Waals surface area contributed by atoms with E-state index in [-0.39, 0.29) is 17.9 Å². The van der Waals surface area contributed by atoms with E-state index in [1.807, 2.05) is 40.9 Å². The summed E-state index contributed by atoms with van der Waals surface area (Å²) in [7, 11) is 0. The third-order valence-corrected chi connectivity index (χ3v) is 8.87. The van der Waals surface area contributed by atoms with Gasteiger partial charge in [-0.25, -0.2) is 0 Å². The van der Waals surface area contributed by atoms with Gasteiger partial charge in [0.15, 0.2) is 0 Å². The number of fused-ring (bicyclic) bond motifs is 3. The second-order valence-corrected chi connectivity index (χ2v) is 12.0. The minimum Gasteiger partial charge on any atom is -0.351 e. The Morgan fingerprint density at radius 1 is 0.974 bits per heavy atom. The van der Waals surface area contributed by atoms with Crippen LogP contribution in [0.2, 0.25) is 0 Å². The van der Waals surface area contributed by atoms with Gasteiger partial charge in [0.25, 0.3) is 5.91 Å². The maximum atomic E-state index is 14.6. The van der Waals surface area contributed by atoms with Crippen molar-refractivity contribution in [3.05, 3.63) is 89.4 Å². The molecule has 0 radical (unpaired) electrons. The first-order valence-electron chi connectivity index (χ1n) is 14.2. The van der Waals surface area contributed by atoms with Gasteiger partial charge in [0.2, 0.25) is 5.91 Å². The van der Waals surface area contributed by atoms with Crippen LogP contribution < -0.4 is 5.32 Å². The topological polar surface area (TPSA) is 59.3 Å². The van der Waals surface area contributed by atoms with E-state index in [0.717, 1.165) is 53.4 Å². The average molecular weight is 523 g/mol. The first-order valence-corrected chi connectivity index (χ1v) is 14.2. The van der Waals surface area contributed by atoms with Gasteiger partial charge in [-0.1, -0.05) is 48.4 Å². The smallest absolute Gasteiger partial charge is 0.273 e. The first kappa shape index (κ1) is 25.5. The van der Waals surface area contributed by atoms with Crippen LogP contribution in [-0.2, 0) is 17.9 Å². The number of aromatic nitrogens is 2. The van der Waals surface area contributed by atoms with Crippen LogP contribution in [-0.4, -0.2) is 37.4 Å². The van der Waals surface area contributed by atoms with E-state index in [1.165, 1.54) is 5.56 Å². The third-order valence-electron chi connectivity index (χ3n) is 8.87. The molecule has 1 saturated carbocycles. The van der Waals surface area contributed by atoms with Gasteiger partial charge < -0.3 is 19.4 Å². The largest absolute Gasteiger partial charge is 0.351 e. The average Bonchev–Trinajstić information content (AvgIpc) is 3.55. The Kier molecular flexibility index (Phi) is 6.37. The highest BCUT2D eigenvalue weighted by Gasteiger charge is 2.49. The van der Waals surface area contributed by atoms with E-state index in [0.29, 0.717) is 24.7 Å². The van der Waals surface area contributed by atoms with E-state index >= 15 is 0 Å².